The number of benzene rings is 3. The summed E-state index contributed by atoms with van der Waals surface area (Å²) in [7, 11) is 1.61. The van der Waals surface area contributed by atoms with Crippen LogP contribution in [0, 0.1) is 0 Å². The maximum atomic E-state index is 13.4. The third kappa shape index (κ3) is 6.25. The van der Waals surface area contributed by atoms with Crippen molar-refractivity contribution in [3.63, 3.8) is 0 Å². The molecule has 0 spiro atoms. The lowest BCUT2D eigenvalue weighted by molar-refractivity contribution is -0.142. The summed E-state index contributed by atoms with van der Waals surface area (Å²) >= 11 is 0. The van der Waals surface area contributed by atoms with Crippen LogP contribution in [-0.4, -0.2) is 43.0 Å². The van der Waals surface area contributed by atoms with E-state index in [1.807, 2.05) is 80.6 Å². The average Bonchev–Trinajstić information content (AvgIpc) is 2.86. The second-order valence-electron chi connectivity index (χ2n) is 7.85. The number of ether oxygens (including phenoxy) is 2. The zero-order chi connectivity index (χ0) is 23.6. The Kier molecular flexibility index (Phi) is 8.70. The molecule has 0 radical (unpaired) electrons. The summed E-state index contributed by atoms with van der Waals surface area (Å²) in [4.78, 5) is 27.8. The monoisotopic (exact) mass is 448 g/mol. The number of fused-ring (bicyclic) bond motifs is 1. The van der Waals surface area contributed by atoms with Crippen LogP contribution in [0.3, 0.4) is 0 Å². The lowest BCUT2D eigenvalue weighted by atomic mass is 10.1. The molecule has 3 rings (SSSR count). The number of methoxy groups -OCH3 is 1. The Labute approximate surface area is 195 Å². The van der Waals surface area contributed by atoms with Gasteiger partial charge >= 0.3 is 0 Å². The van der Waals surface area contributed by atoms with Crippen molar-refractivity contribution < 1.29 is 19.1 Å². The Morgan fingerprint density at radius 3 is 2.39 bits per heavy atom. The second-order valence-corrected chi connectivity index (χ2v) is 7.85. The van der Waals surface area contributed by atoms with E-state index in [4.69, 9.17) is 9.47 Å². The van der Waals surface area contributed by atoms with Crippen LogP contribution in [0.2, 0.25) is 0 Å². The molecule has 1 N–H and O–H groups in total. The Balaban J connectivity index is 1.81. The standard InChI is InChI=1S/C27H32N2O4/c1-4-17-28-27(31)24(5-2)29(18-20-13-15-22(32-3)16-14-20)26(30)19-33-25-12-8-10-21-9-6-7-11-23(21)25/h6-16,24H,4-5,17-19H2,1-3H3,(H,28,31). The molecule has 2 amide bonds. The van der Waals surface area contributed by atoms with Crippen molar-refractivity contribution in [2.45, 2.75) is 39.3 Å². The molecule has 1 atom stereocenters. The van der Waals surface area contributed by atoms with E-state index < -0.39 is 6.04 Å². The van der Waals surface area contributed by atoms with Gasteiger partial charge in [-0.2, -0.15) is 0 Å². The molecule has 0 aliphatic carbocycles. The molecule has 1 unspecified atom stereocenters. The fourth-order valence-electron chi connectivity index (χ4n) is 3.76. The molecule has 0 aromatic heterocycles. The number of nitrogens with zero attached hydrogens (tertiary/aromatic N) is 1. The van der Waals surface area contributed by atoms with E-state index in [-0.39, 0.29) is 18.4 Å². The molecule has 3 aromatic carbocycles. The molecule has 0 heterocycles. The number of hydrogen-bond acceptors (Lipinski definition) is 4. The Hall–Kier alpha value is -3.54. The molecule has 0 aliphatic heterocycles. The molecule has 6 nitrogen and oxygen atoms in total. The number of carbonyl (C=O) groups excluding carboxylic acids is 2. The molecule has 0 saturated heterocycles. The fraction of sp³-hybridized carbons (Fsp3) is 0.333. The van der Waals surface area contributed by atoms with Crippen LogP contribution < -0.4 is 14.8 Å². The summed E-state index contributed by atoms with van der Waals surface area (Å²) in [5.41, 5.74) is 0.913. The zero-order valence-corrected chi connectivity index (χ0v) is 19.5. The van der Waals surface area contributed by atoms with Crippen LogP contribution in [0.15, 0.2) is 66.7 Å². The maximum absolute atomic E-state index is 13.4. The predicted octanol–water partition coefficient (Wildman–Crippen LogP) is 4.56. The first-order valence-corrected chi connectivity index (χ1v) is 11.4. The Morgan fingerprint density at radius 2 is 1.70 bits per heavy atom. The first-order valence-electron chi connectivity index (χ1n) is 11.4. The van der Waals surface area contributed by atoms with Gasteiger partial charge in [0.15, 0.2) is 6.61 Å². The first-order chi connectivity index (χ1) is 16.1. The molecular formula is C27H32N2O4. The third-order valence-corrected chi connectivity index (χ3v) is 5.55. The van der Waals surface area contributed by atoms with Crippen molar-refractivity contribution in [1.29, 1.82) is 0 Å². The summed E-state index contributed by atoms with van der Waals surface area (Å²) in [6.07, 6.45) is 1.34. The number of nitrogens with one attached hydrogen (secondary N) is 1. The van der Waals surface area contributed by atoms with Crippen LogP contribution in [-0.2, 0) is 16.1 Å². The predicted molar refractivity (Wildman–Crippen MR) is 130 cm³/mol. The van der Waals surface area contributed by atoms with Gasteiger partial charge < -0.3 is 19.7 Å². The topological polar surface area (TPSA) is 67.9 Å². The van der Waals surface area contributed by atoms with E-state index in [1.54, 1.807) is 12.0 Å². The quantitative estimate of drug-likeness (QED) is 0.467. The van der Waals surface area contributed by atoms with Gasteiger partial charge in [-0.1, -0.05) is 62.4 Å². The molecular weight excluding hydrogens is 416 g/mol. The van der Waals surface area contributed by atoms with Crippen molar-refractivity contribution in [3.8, 4) is 11.5 Å². The summed E-state index contributed by atoms with van der Waals surface area (Å²) in [6, 6.07) is 20.6. The summed E-state index contributed by atoms with van der Waals surface area (Å²) in [5, 5.41) is 4.92. The number of rotatable bonds is 11. The van der Waals surface area contributed by atoms with E-state index in [0.717, 1.165) is 28.5 Å². The van der Waals surface area contributed by atoms with Crippen LogP contribution >= 0.6 is 0 Å². The van der Waals surface area contributed by atoms with Crippen molar-refractivity contribution >= 4 is 22.6 Å². The molecule has 0 bridgehead atoms. The Bertz CT molecular complexity index is 1060. The van der Waals surface area contributed by atoms with Crippen molar-refractivity contribution in [2.24, 2.45) is 0 Å². The lowest BCUT2D eigenvalue weighted by Crippen LogP contribution is -2.50. The van der Waals surface area contributed by atoms with Crippen LogP contribution in [0.25, 0.3) is 10.8 Å². The van der Waals surface area contributed by atoms with Crippen molar-refractivity contribution in [2.75, 3.05) is 20.3 Å². The molecule has 33 heavy (non-hydrogen) atoms. The van der Waals surface area contributed by atoms with Gasteiger partial charge in [-0.25, -0.2) is 0 Å². The van der Waals surface area contributed by atoms with Crippen molar-refractivity contribution in [3.05, 3.63) is 72.3 Å². The number of hydrogen-bond donors (Lipinski definition) is 1. The van der Waals surface area contributed by atoms with E-state index >= 15 is 0 Å². The van der Waals surface area contributed by atoms with E-state index in [0.29, 0.717) is 25.3 Å². The summed E-state index contributed by atoms with van der Waals surface area (Å²) in [5.74, 6) is 1.00. The van der Waals surface area contributed by atoms with Gasteiger partial charge in [0.05, 0.1) is 7.11 Å². The van der Waals surface area contributed by atoms with Gasteiger partial charge in [0.1, 0.15) is 17.5 Å². The fourth-order valence-corrected chi connectivity index (χ4v) is 3.76. The average molecular weight is 449 g/mol. The van der Waals surface area contributed by atoms with Crippen molar-refractivity contribution in [1.82, 2.24) is 10.2 Å². The van der Waals surface area contributed by atoms with Crippen LogP contribution in [0.4, 0.5) is 0 Å². The smallest absolute Gasteiger partial charge is 0.261 e. The van der Waals surface area contributed by atoms with Gasteiger partial charge in [0.2, 0.25) is 5.91 Å². The second kappa shape index (κ2) is 11.9. The minimum atomic E-state index is -0.581. The van der Waals surface area contributed by atoms with E-state index in [1.165, 1.54) is 0 Å². The normalized spacial score (nSPS) is 11.6. The molecule has 174 valence electrons. The highest BCUT2D eigenvalue weighted by Gasteiger charge is 2.28. The highest BCUT2D eigenvalue weighted by Crippen LogP contribution is 2.25. The molecule has 0 aliphatic rings. The Morgan fingerprint density at radius 1 is 0.970 bits per heavy atom. The number of amides is 2. The molecule has 0 fully saturated rings. The SMILES string of the molecule is CCCNC(=O)C(CC)N(Cc1ccc(OC)cc1)C(=O)COc1cccc2ccccc12. The van der Waals surface area contributed by atoms with Gasteiger partial charge in [0.25, 0.3) is 5.91 Å². The van der Waals surface area contributed by atoms with Gasteiger partial charge in [-0.15, -0.1) is 0 Å². The van der Waals surface area contributed by atoms with Crippen LogP contribution in [0.1, 0.15) is 32.3 Å². The van der Waals surface area contributed by atoms with E-state index in [2.05, 4.69) is 5.32 Å². The number of carbonyl (C=O) groups is 2. The van der Waals surface area contributed by atoms with Gasteiger partial charge in [-0.3, -0.25) is 9.59 Å². The third-order valence-electron chi connectivity index (χ3n) is 5.55. The summed E-state index contributed by atoms with van der Waals surface area (Å²) < 4.78 is 11.2. The van der Waals surface area contributed by atoms with Crippen LogP contribution in [0.5, 0.6) is 11.5 Å². The highest BCUT2D eigenvalue weighted by atomic mass is 16.5. The molecule has 6 heteroatoms. The first kappa shape index (κ1) is 24.1. The van der Waals surface area contributed by atoms with Gasteiger partial charge in [-0.05, 0) is 42.0 Å². The molecule has 3 aromatic rings. The minimum absolute atomic E-state index is 0.147. The zero-order valence-electron chi connectivity index (χ0n) is 19.5. The van der Waals surface area contributed by atoms with Gasteiger partial charge in [0, 0.05) is 18.5 Å². The largest absolute Gasteiger partial charge is 0.497 e. The summed E-state index contributed by atoms with van der Waals surface area (Å²) in [6.45, 7) is 4.64. The highest BCUT2D eigenvalue weighted by molar-refractivity contribution is 5.90. The van der Waals surface area contributed by atoms with E-state index in [9.17, 15) is 9.59 Å². The maximum Gasteiger partial charge on any atom is 0.261 e. The minimum Gasteiger partial charge on any atom is -0.497 e. The molecule has 0 saturated carbocycles. The lowest BCUT2D eigenvalue weighted by Gasteiger charge is -2.30.